The molecule has 0 aliphatic heterocycles. The highest BCUT2D eigenvalue weighted by molar-refractivity contribution is 9.11. The zero-order valence-corrected chi connectivity index (χ0v) is 42.8. The lowest BCUT2D eigenvalue weighted by atomic mass is 9.92. The summed E-state index contributed by atoms with van der Waals surface area (Å²) < 4.78 is 16.7. The van der Waals surface area contributed by atoms with E-state index in [0.717, 1.165) is 60.8 Å². The van der Waals surface area contributed by atoms with Crippen LogP contribution in [0.15, 0.2) is 126 Å². The van der Waals surface area contributed by atoms with Crippen molar-refractivity contribution in [3.63, 3.8) is 0 Å². The minimum Gasteiger partial charge on any atom is -0.480 e. The lowest BCUT2D eigenvalue weighted by Gasteiger charge is -2.20. The third kappa shape index (κ3) is 14.9. The highest BCUT2D eigenvalue weighted by Gasteiger charge is 2.30. The molecular formula is C57H60BrN3O12. The molecule has 16 heteroatoms. The molecule has 0 fully saturated rings. The first-order valence-electron chi connectivity index (χ1n) is 23.9. The lowest BCUT2D eigenvalue weighted by molar-refractivity contribution is -0.141. The van der Waals surface area contributed by atoms with Gasteiger partial charge in [-0.25, -0.2) is 24.0 Å². The molecule has 5 aromatic carbocycles. The Morgan fingerprint density at radius 3 is 1.77 bits per heavy atom. The second kappa shape index (κ2) is 25.6. The molecule has 0 aromatic heterocycles. The van der Waals surface area contributed by atoms with Gasteiger partial charge in [0.15, 0.2) is 0 Å². The Kier molecular flexibility index (Phi) is 19.1. The quantitative estimate of drug-likeness (QED) is 0.0508. The number of carboxylic acids is 3. The van der Waals surface area contributed by atoms with E-state index < -0.39 is 54.3 Å². The Hall–Kier alpha value is -7.72. The van der Waals surface area contributed by atoms with Crippen molar-refractivity contribution in [2.45, 2.75) is 77.4 Å². The largest absolute Gasteiger partial charge is 0.480 e. The predicted molar refractivity (Wildman–Crippen MR) is 283 cm³/mol. The van der Waals surface area contributed by atoms with Crippen LogP contribution in [0, 0.1) is 11.8 Å². The molecule has 73 heavy (non-hydrogen) atoms. The highest BCUT2D eigenvalue weighted by Crippen LogP contribution is 2.42. The maximum absolute atomic E-state index is 12.2. The number of aliphatic carboxylic acids is 3. The second-order valence-corrected chi connectivity index (χ2v) is 19.4. The van der Waals surface area contributed by atoms with Crippen LogP contribution < -0.4 is 16.0 Å². The van der Waals surface area contributed by atoms with E-state index in [1.807, 2.05) is 123 Å². The van der Waals surface area contributed by atoms with E-state index in [9.17, 15) is 33.9 Å². The zero-order chi connectivity index (χ0) is 52.8. The van der Waals surface area contributed by atoms with Crippen LogP contribution in [0.5, 0.6) is 0 Å². The van der Waals surface area contributed by atoms with Gasteiger partial charge in [-0.2, -0.15) is 0 Å². The third-order valence-corrected chi connectivity index (χ3v) is 13.2. The smallest absolute Gasteiger partial charge is 0.408 e. The number of carbonyl (C=O) groups is 6. The fraction of sp³-hybridized carbons (Fsp3) is 0.298. The lowest BCUT2D eigenvalue weighted by Crippen LogP contribution is -2.44. The molecule has 0 heterocycles. The molecule has 382 valence electrons. The normalized spacial score (nSPS) is 16.0. The molecule has 0 bridgehead atoms. The topological polar surface area (TPSA) is 227 Å². The van der Waals surface area contributed by atoms with Crippen LogP contribution in [0.4, 0.5) is 14.4 Å². The van der Waals surface area contributed by atoms with E-state index in [0.29, 0.717) is 6.42 Å². The van der Waals surface area contributed by atoms with Crippen LogP contribution in [0.2, 0.25) is 0 Å². The molecule has 6 N–H and O–H groups in total. The Bertz CT molecular complexity index is 2910. The first-order valence-corrected chi connectivity index (χ1v) is 24.7. The van der Waals surface area contributed by atoms with Gasteiger partial charge in [0.05, 0.1) is 5.92 Å². The van der Waals surface area contributed by atoms with Gasteiger partial charge in [-0.15, -0.1) is 0 Å². The fourth-order valence-electron chi connectivity index (χ4n) is 8.55. The number of benzene rings is 5. The molecule has 3 amide bonds. The fourth-order valence-corrected chi connectivity index (χ4v) is 9.18. The average Bonchev–Trinajstić information content (AvgIpc) is 4.04. The Morgan fingerprint density at radius 1 is 0.616 bits per heavy atom. The number of carboxylic acid groups (broad SMARTS) is 3. The van der Waals surface area contributed by atoms with Crippen molar-refractivity contribution < 1.29 is 58.3 Å². The van der Waals surface area contributed by atoms with Crippen LogP contribution in [-0.2, 0) is 35.0 Å². The predicted octanol–water partition coefficient (Wildman–Crippen LogP) is 10.9. The van der Waals surface area contributed by atoms with Crippen LogP contribution in [0.25, 0.3) is 34.1 Å². The molecule has 3 aliphatic rings. The van der Waals surface area contributed by atoms with Crippen LogP contribution in [0.1, 0.15) is 91.8 Å². The summed E-state index contributed by atoms with van der Waals surface area (Å²) in [5.41, 5.74) is 9.80. The number of alkyl carbamates (subject to hydrolysis) is 3. The maximum atomic E-state index is 12.2. The van der Waals surface area contributed by atoms with E-state index in [1.165, 1.54) is 17.9 Å². The first-order chi connectivity index (χ1) is 34.9. The van der Waals surface area contributed by atoms with Crippen molar-refractivity contribution in [2.75, 3.05) is 19.8 Å². The summed E-state index contributed by atoms with van der Waals surface area (Å²) >= 11 is 3.50. The molecule has 2 unspecified atom stereocenters. The van der Waals surface area contributed by atoms with Gasteiger partial charge >= 0.3 is 36.2 Å². The summed E-state index contributed by atoms with van der Waals surface area (Å²) in [4.78, 5) is 68.8. The molecule has 15 nitrogen and oxygen atoms in total. The van der Waals surface area contributed by atoms with Crippen molar-refractivity contribution in [3.8, 4) is 0 Å². The summed E-state index contributed by atoms with van der Waals surface area (Å²) in [5.74, 6) is -3.43. The van der Waals surface area contributed by atoms with Crippen LogP contribution in [-0.4, -0.2) is 89.5 Å². The van der Waals surface area contributed by atoms with Gasteiger partial charge in [-0.05, 0) is 105 Å². The van der Waals surface area contributed by atoms with Crippen LogP contribution in [0.3, 0.4) is 0 Å². The molecule has 0 radical (unpaired) electrons. The average molecular weight is 1060 g/mol. The molecule has 0 saturated carbocycles. The summed E-state index contributed by atoms with van der Waals surface area (Å²) in [6.45, 7) is 9.11. The monoisotopic (exact) mass is 1060 g/mol. The number of hydrogen-bond donors (Lipinski definition) is 6. The molecule has 5 atom stereocenters. The van der Waals surface area contributed by atoms with E-state index >= 15 is 0 Å². The van der Waals surface area contributed by atoms with Crippen LogP contribution >= 0.6 is 15.9 Å². The van der Waals surface area contributed by atoms with Gasteiger partial charge in [0, 0.05) is 10.4 Å². The van der Waals surface area contributed by atoms with Gasteiger partial charge in [-0.3, -0.25) is 4.79 Å². The Morgan fingerprint density at radius 2 is 1.16 bits per heavy atom. The molecular weight excluding hydrogens is 999 g/mol. The minimum absolute atomic E-state index is 0.0506. The standard InChI is InChI=1S/C22H23NO4.C18H17NO4.C17H20BrNO4/c1-14(2)20(21(24)25)23-22(26)27-13-19-17-11-7-6-10-16(17)12-18(19)15-8-4-3-5-9-15;1-11(17(20)21)19-18(22)23-10-15-7-6-14-8-12-4-2-3-5-13(12)9-16(14)15;1-10(2)7-15(16(20)21)19-17(22)23-9-13-12-6-4-3-5-11(12)8-14(13)18/h3-12,14,19-20H,13H2,1-2H3,(H,23,26)(H,24,25);2-5,7-9,11H,6,10H2,1H3,(H,19,22)(H,20,21);3-6,8,10,13,15H,7,9H2,1-2H3,(H,19,22)(H,20,21)/t19?,20-;11-;13?,15-/m000/s1. The van der Waals surface area contributed by atoms with Crippen molar-refractivity contribution in [1.82, 2.24) is 16.0 Å². The highest BCUT2D eigenvalue weighted by atomic mass is 79.9. The number of rotatable bonds is 16. The van der Waals surface area contributed by atoms with Gasteiger partial charge in [0.1, 0.15) is 37.9 Å². The summed E-state index contributed by atoms with van der Waals surface area (Å²) in [6, 6.07) is 35.4. The Labute approximate surface area is 432 Å². The van der Waals surface area contributed by atoms with Gasteiger partial charge in [-0.1, -0.05) is 165 Å². The first kappa shape index (κ1) is 54.6. The minimum atomic E-state index is -1.10. The van der Waals surface area contributed by atoms with Crippen molar-refractivity contribution in [1.29, 1.82) is 0 Å². The number of carbonyl (C=O) groups excluding carboxylic acids is 3. The molecule has 0 saturated heterocycles. The number of hydrogen-bond acceptors (Lipinski definition) is 9. The van der Waals surface area contributed by atoms with E-state index in [2.05, 4.69) is 56.2 Å². The van der Waals surface area contributed by atoms with E-state index in [-0.39, 0.29) is 43.5 Å². The number of fused-ring (bicyclic) bond motifs is 4. The molecule has 3 aliphatic carbocycles. The number of amides is 3. The second-order valence-electron chi connectivity index (χ2n) is 18.5. The maximum Gasteiger partial charge on any atom is 0.408 e. The molecule has 5 aromatic rings. The van der Waals surface area contributed by atoms with Crippen molar-refractivity contribution >= 4 is 86.2 Å². The van der Waals surface area contributed by atoms with Gasteiger partial charge in [0.25, 0.3) is 0 Å². The Balaban J connectivity index is 0.000000179. The van der Waals surface area contributed by atoms with E-state index in [4.69, 9.17) is 24.4 Å². The molecule has 0 spiro atoms. The molecule has 8 rings (SSSR count). The SMILES string of the molecule is CC(C)C[C@H](NC(=O)OCC1C(Br)=Cc2ccccc21)C(=O)O.CC(C)[C@H](NC(=O)OCC1C(c2ccccc2)=Cc2ccccc21)C(=O)O.C[C@H](NC(=O)OCC1=CCc2cc3ccccc3cc21)C(=O)O. The summed E-state index contributed by atoms with van der Waals surface area (Å²) in [6.07, 6.45) is 5.18. The van der Waals surface area contributed by atoms with Gasteiger partial charge in [0.2, 0.25) is 0 Å². The van der Waals surface area contributed by atoms with E-state index in [1.54, 1.807) is 13.8 Å². The number of nitrogens with one attached hydrogen (secondary N) is 3. The number of halogens is 1. The number of allylic oxidation sites excluding steroid dienone is 1. The zero-order valence-electron chi connectivity index (χ0n) is 41.2. The number of ether oxygens (including phenoxy) is 3. The third-order valence-electron chi connectivity index (χ3n) is 12.4. The summed E-state index contributed by atoms with van der Waals surface area (Å²) in [5, 5.41) is 36.6. The van der Waals surface area contributed by atoms with Gasteiger partial charge < -0.3 is 45.5 Å². The summed E-state index contributed by atoms with van der Waals surface area (Å²) in [7, 11) is 0. The van der Waals surface area contributed by atoms with Crippen molar-refractivity contribution in [2.24, 2.45) is 11.8 Å². The van der Waals surface area contributed by atoms with Crippen molar-refractivity contribution in [3.05, 3.63) is 165 Å².